The summed E-state index contributed by atoms with van der Waals surface area (Å²) in [7, 11) is 3.02. The Morgan fingerprint density at radius 1 is 1.27 bits per heavy atom. The molecule has 162 valence electrons. The number of ether oxygens (including phenoxy) is 2. The molecule has 2 aliphatic rings. The van der Waals surface area contributed by atoms with Crippen LogP contribution in [-0.2, 0) is 9.59 Å². The number of likely N-dealkylation sites (tertiary alicyclic amines) is 1. The second kappa shape index (κ2) is 9.99. The highest BCUT2D eigenvalue weighted by molar-refractivity contribution is 8.18. The number of amides is 3. The Labute approximate surface area is 179 Å². The van der Waals surface area contributed by atoms with Gasteiger partial charge in [-0.2, -0.15) is 0 Å². The molecule has 0 aliphatic carbocycles. The zero-order valence-corrected chi connectivity index (χ0v) is 17.9. The molecule has 1 aromatic carbocycles. The fraction of sp³-hybridized carbons (Fsp3) is 0.476. The second-order valence-electron chi connectivity index (χ2n) is 7.10. The number of piperidine rings is 1. The third-order valence-corrected chi connectivity index (χ3v) is 6.20. The number of rotatable bonds is 7. The Morgan fingerprint density at radius 2 is 2.07 bits per heavy atom. The summed E-state index contributed by atoms with van der Waals surface area (Å²) >= 11 is 0.800. The molecular weight excluding hydrogens is 408 g/mol. The van der Waals surface area contributed by atoms with Crippen molar-refractivity contribution in [2.45, 2.75) is 31.7 Å². The van der Waals surface area contributed by atoms with E-state index in [1.54, 1.807) is 29.2 Å². The summed E-state index contributed by atoms with van der Waals surface area (Å²) in [5, 5.41) is 8.78. The largest absolute Gasteiger partial charge is 0.493 e. The molecule has 1 N–H and O–H groups in total. The SMILES string of the molecule is COc1cccc(/C=C2\SC(=O)N(CC(=O)N3CCCC[C@@H]3CCO)C2=O)c1OC. The quantitative estimate of drug-likeness (QED) is 0.659. The third-order valence-electron chi connectivity index (χ3n) is 5.30. The number of para-hydroxylation sites is 1. The molecular formula is C21H26N2O6S. The summed E-state index contributed by atoms with van der Waals surface area (Å²) in [5.41, 5.74) is 0.604. The van der Waals surface area contributed by atoms with E-state index in [9.17, 15) is 19.5 Å². The summed E-state index contributed by atoms with van der Waals surface area (Å²) < 4.78 is 10.6. The maximum absolute atomic E-state index is 12.8. The number of hydrogen-bond acceptors (Lipinski definition) is 7. The van der Waals surface area contributed by atoms with Crippen LogP contribution in [0.15, 0.2) is 23.1 Å². The smallest absolute Gasteiger partial charge is 0.294 e. The standard InChI is InChI=1S/C21H26N2O6S/c1-28-16-8-5-6-14(19(16)29-2)12-17-20(26)23(21(27)30-17)13-18(25)22-10-4-3-7-15(22)9-11-24/h5-6,8,12,15,24H,3-4,7,9-11,13H2,1-2H3/b17-12-/t15-/m1/s1. The van der Waals surface area contributed by atoms with Gasteiger partial charge in [0.25, 0.3) is 11.1 Å². The molecule has 2 heterocycles. The molecule has 2 saturated heterocycles. The van der Waals surface area contributed by atoms with Gasteiger partial charge in [0.1, 0.15) is 6.54 Å². The number of methoxy groups -OCH3 is 2. The molecule has 0 radical (unpaired) electrons. The molecule has 0 aromatic heterocycles. The molecule has 2 aliphatic heterocycles. The Kier molecular flexibility index (Phi) is 7.38. The first-order chi connectivity index (χ1) is 14.5. The summed E-state index contributed by atoms with van der Waals surface area (Å²) in [6.07, 6.45) is 4.78. The fourth-order valence-corrected chi connectivity index (χ4v) is 4.64. The predicted molar refractivity (Wildman–Crippen MR) is 113 cm³/mol. The van der Waals surface area contributed by atoms with Crippen molar-refractivity contribution >= 4 is 34.9 Å². The summed E-state index contributed by atoms with van der Waals surface area (Å²) in [5.74, 6) is 0.207. The number of thioether (sulfide) groups is 1. The average Bonchev–Trinajstić information content (AvgIpc) is 3.01. The van der Waals surface area contributed by atoms with Crippen LogP contribution < -0.4 is 9.47 Å². The number of benzene rings is 1. The van der Waals surface area contributed by atoms with Gasteiger partial charge >= 0.3 is 0 Å². The minimum absolute atomic E-state index is 0.00112. The van der Waals surface area contributed by atoms with Gasteiger partial charge in [-0.15, -0.1) is 0 Å². The van der Waals surface area contributed by atoms with Crippen molar-refractivity contribution in [3.63, 3.8) is 0 Å². The lowest BCUT2D eigenvalue weighted by molar-refractivity contribution is -0.139. The minimum Gasteiger partial charge on any atom is -0.493 e. The van der Waals surface area contributed by atoms with Crippen LogP contribution in [0.3, 0.4) is 0 Å². The van der Waals surface area contributed by atoms with Gasteiger partial charge in [-0.05, 0) is 49.6 Å². The first kappa shape index (κ1) is 22.2. The molecule has 3 rings (SSSR count). The van der Waals surface area contributed by atoms with Gasteiger partial charge in [0.2, 0.25) is 5.91 Å². The number of nitrogens with zero attached hydrogens (tertiary/aromatic N) is 2. The molecule has 9 heteroatoms. The number of carbonyl (C=O) groups is 3. The summed E-state index contributed by atoms with van der Waals surface area (Å²) in [6.45, 7) is 0.289. The highest BCUT2D eigenvalue weighted by atomic mass is 32.2. The zero-order valence-electron chi connectivity index (χ0n) is 17.1. The lowest BCUT2D eigenvalue weighted by Crippen LogP contribution is -2.49. The molecule has 0 spiro atoms. The number of hydrogen-bond donors (Lipinski definition) is 1. The summed E-state index contributed by atoms with van der Waals surface area (Å²) in [6, 6.07) is 5.21. The van der Waals surface area contributed by atoms with Gasteiger partial charge in [-0.1, -0.05) is 12.1 Å². The van der Waals surface area contributed by atoms with Crippen LogP contribution in [0, 0.1) is 0 Å². The molecule has 30 heavy (non-hydrogen) atoms. The molecule has 1 aromatic rings. The number of aliphatic hydroxyl groups excluding tert-OH is 1. The highest BCUT2D eigenvalue weighted by Gasteiger charge is 2.38. The van der Waals surface area contributed by atoms with Crippen molar-refractivity contribution in [2.24, 2.45) is 0 Å². The predicted octanol–water partition coefficient (Wildman–Crippen LogP) is 2.50. The Bertz CT molecular complexity index is 854. The van der Waals surface area contributed by atoms with Crippen molar-refractivity contribution in [3.8, 4) is 11.5 Å². The zero-order chi connectivity index (χ0) is 21.7. The number of imide groups is 1. The van der Waals surface area contributed by atoms with Gasteiger partial charge in [-0.25, -0.2) is 0 Å². The van der Waals surface area contributed by atoms with E-state index < -0.39 is 11.1 Å². The maximum Gasteiger partial charge on any atom is 0.294 e. The molecule has 8 nitrogen and oxygen atoms in total. The molecule has 0 unspecified atom stereocenters. The Hall–Kier alpha value is -2.52. The van der Waals surface area contributed by atoms with Crippen molar-refractivity contribution in [1.29, 1.82) is 0 Å². The molecule has 2 fully saturated rings. The van der Waals surface area contributed by atoms with Crippen LogP contribution in [0.5, 0.6) is 11.5 Å². The van der Waals surface area contributed by atoms with E-state index in [0.717, 1.165) is 35.9 Å². The van der Waals surface area contributed by atoms with Crippen molar-refractivity contribution in [1.82, 2.24) is 9.80 Å². The lowest BCUT2D eigenvalue weighted by Gasteiger charge is -2.36. The van der Waals surface area contributed by atoms with Crippen molar-refractivity contribution in [2.75, 3.05) is 33.9 Å². The Balaban J connectivity index is 1.77. The van der Waals surface area contributed by atoms with Gasteiger partial charge < -0.3 is 19.5 Å². The monoisotopic (exact) mass is 434 g/mol. The molecule has 0 saturated carbocycles. The van der Waals surface area contributed by atoms with Crippen LogP contribution >= 0.6 is 11.8 Å². The Morgan fingerprint density at radius 3 is 2.77 bits per heavy atom. The van der Waals surface area contributed by atoms with E-state index in [1.165, 1.54) is 14.2 Å². The van der Waals surface area contributed by atoms with E-state index in [1.807, 2.05) is 0 Å². The molecule has 0 bridgehead atoms. The first-order valence-corrected chi connectivity index (χ1v) is 10.7. The number of carbonyl (C=O) groups excluding carboxylic acids is 3. The van der Waals surface area contributed by atoms with E-state index in [-0.39, 0.29) is 30.0 Å². The van der Waals surface area contributed by atoms with Gasteiger partial charge in [0, 0.05) is 24.8 Å². The molecule has 1 atom stereocenters. The van der Waals surface area contributed by atoms with Crippen LogP contribution in [-0.4, -0.2) is 71.9 Å². The van der Waals surface area contributed by atoms with Crippen LogP contribution in [0.4, 0.5) is 4.79 Å². The van der Waals surface area contributed by atoms with Gasteiger partial charge in [-0.3, -0.25) is 19.3 Å². The van der Waals surface area contributed by atoms with Crippen molar-refractivity contribution in [3.05, 3.63) is 28.7 Å². The lowest BCUT2D eigenvalue weighted by atomic mass is 9.99. The van der Waals surface area contributed by atoms with Gasteiger partial charge in [0.15, 0.2) is 11.5 Å². The first-order valence-electron chi connectivity index (χ1n) is 9.86. The normalized spacial score (nSPS) is 20.8. The average molecular weight is 435 g/mol. The number of aliphatic hydroxyl groups is 1. The highest BCUT2D eigenvalue weighted by Crippen LogP contribution is 2.37. The van der Waals surface area contributed by atoms with Crippen LogP contribution in [0.25, 0.3) is 6.08 Å². The van der Waals surface area contributed by atoms with E-state index in [2.05, 4.69) is 0 Å². The molecule has 3 amide bonds. The van der Waals surface area contributed by atoms with E-state index in [0.29, 0.717) is 30.0 Å². The van der Waals surface area contributed by atoms with Crippen molar-refractivity contribution < 1.29 is 29.0 Å². The van der Waals surface area contributed by atoms with Crippen LogP contribution in [0.1, 0.15) is 31.2 Å². The fourth-order valence-electron chi connectivity index (χ4n) is 3.81. The summed E-state index contributed by atoms with van der Waals surface area (Å²) in [4.78, 5) is 41.0. The topological polar surface area (TPSA) is 96.4 Å². The third kappa shape index (κ3) is 4.62. The van der Waals surface area contributed by atoms with Gasteiger partial charge in [0.05, 0.1) is 19.1 Å². The van der Waals surface area contributed by atoms with E-state index in [4.69, 9.17) is 9.47 Å². The second-order valence-corrected chi connectivity index (χ2v) is 8.09. The van der Waals surface area contributed by atoms with Crippen LogP contribution in [0.2, 0.25) is 0 Å². The van der Waals surface area contributed by atoms with E-state index >= 15 is 0 Å². The maximum atomic E-state index is 12.8. The minimum atomic E-state index is -0.501.